The molecular formula is C11H21NO. The third-order valence-electron chi connectivity index (χ3n) is 3.36. The summed E-state index contributed by atoms with van der Waals surface area (Å²) < 4.78 is 0. The maximum absolute atomic E-state index is 11.7. The van der Waals surface area contributed by atoms with Gasteiger partial charge >= 0.3 is 0 Å². The zero-order valence-corrected chi connectivity index (χ0v) is 9.02. The first kappa shape index (κ1) is 10.7. The molecule has 1 heterocycles. The number of nitrogens with one attached hydrogen (secondary N) is 1. The molecule has 0 aliphatic carbocycles. The molecule has 1 rings (SSSR count). The molecule has 2 nitrogen and oxygen atoms in total. The van der Waals surface area contributed by atoms with Gasteiger partial charge in [-0.15, -0.1) is 0 Å². The first-order valence-electron chi connectivity index (χ1n) is 5.33. The van der Waals surface area contributed by atoms with Gasteiger partial charge in [0.2, 0.25) is 0 Å². The average molecular weight is 183 g/mol. The Bertz CT molecular complexity index is 181. The monoisotopic (exact) mass is 183 g/mol. The van der Waals surface area contributed by atoms with Crippen LogP contribution < -0.4 is 5.32 Å². The highest BCUT2D eigenvalue weighted by Crippen LogP contribution is 2.33. The summed E-state index contributed by atoms with van der Waals surface area (Å²) in [5, 5.41) is 3.37. The first-order chi connectivity index (χ1) is 6.09. The van der Waals surface area contributed by atoms with E-state index in [4.69, 9.17) is 0 Å². The van der Waals surface area contributed by atoms with Gasteiger partial charge in [-0.05, 0) is 31.8 Å². The molecule has 13 heavy (non-hydrogen) atoms. The minimum Gasteiger partial charge on any atom is -0.316 e. The van der Waals surface area contributed by atoms with Crippen molar-refractivity contribution < 1.29 is 4.79 Å². The predicted molar refractivity (Wildman–Crippen MR) is 54.7 cm³/mol. The molecule has 1 N–H and O–H groups in total. The zero-order chi connectivity index (χ0) is 9.90. The molecule has 0 bridgehead atoms. The first-order valence-corrected chi connectivity index (χ1v) is 5.33. The van der Waals surface area contributed by atoms with E-state index in [0.717, 1.165) is 13.1 Å². The molecule has 0 aromatic heterocycles. The largest absolute Gasteiger partial charge is 0.316 e. The second-order valence-corrected chi connectivity index (χ2v) is 4.54. The average Bonchev–Trinajstić information content (AvgIpc) is 2.18. The maximum atomic E-state index is 11.7. The van der Waals surface area contributed by atoms with Gasteiger partial charge in [0.25, 0.3) is 0 Å². The van der Waals surface area contributed by atoms with Gasteiger partial charge in [0.15, 0.2) is 0 Å². The van der Waals surface area contributed by atoms with E-state index < -0.39 is 0 Å². The van der Waals surface area contributed by atoms with Crippen LogP contribution in [0.4, 0.5) is 0 Å². The van der Waals surface area contributed by atoms with E-state index in [1.54, 1.807) is 0 Å². The summed E-state index contributed by atoms with van der Waals surface area (Å²) in [5.41, 5.74) is -0.123. The van der Waals surface area contributed by atoms with Crippen LogP contribution in [0.2, 0.25) is 0 Å². The van der Waals surface area contributed by atoms with Crippen molar-refractivity contribution in [3.8, 4) is 0 Å². The van der Waals surface area contributed by atoms with Crippen LogP contribution in [0.1, 0.15) is 40.0 Å². The highest BCUT2D eigenvalue weighted by atomic mass is 16.1. The molecule has 1 fully saturated rings. The smallest absolute Gasteiger partial charge is 0.138 e. The molecule has 0 spiro atoms. The number of carbonyl (C=O) groups is 1. The Hall–Kier alpha value is -0.370. The van der Waals surface area contributed by atoms with E-state index >= 15 is 0 Å². The minimum atomic E-state index is -0.123. The van der Waals surface area contributed by atoms with Crippen LogP contribution in [-0.4, -0.2) is 18.9 Å². The summed E-state index contributed by atoms with van der Waals surface area (Å²) in [6.07, 6.45) is 3.08. The van der Waals surface area contributed by atoms with Crippen molar-refractivity contribution in [3.63, 3.8) is 0 Å². The number of Topliss-reactive ketones (excluding diaryl/α,β-unsaturated/α-hetero) is 1. The molecule has 1 aliphatic heterocycles. The van der Waals surface area contributed by atoms with E-state index in [0.29, 0.717) is 18.1 Å². The summed E-state index contributed by atoms with van der Waals surface area (Å²) in [5.74, 6) is 0.940. The van der Waals surface area contributed by atoms with Crippen LogP contribution in [0.5, 0.6) is 0 Å². The highest BCUT2D eigenvalue weighted by Gasteiger charge is 2.35. The highest BCUT2D eigenvalue weighted by molar-refractivity contribution is 5.84. The van der Waals surface area contributed by atoms with E-state index in [9.17, 15) is 4.79 Å². The van der Waals surface area contributed by atoms with Gasteiger partial charge < -0.3 is 5.32 Å². The van der Waals surface area contributed by atoms with Crippen molar-refractivity contribution in [1.82, 2.24) is 5.32 Å². The van der Waals surface area contributed by atoms with Gasteiger partial charge in [-0.2, -0.15) is 0 Å². The molecule has 1 atom stereocenters. The molecule has 1 unspecified atom stereocenters. The van der Waals surface area contributed by atoms with Crippen molar-refractivity contribution in [1.29, 1.82) is 0 Å². The Balaban J connectivity index is 2.60. The molecule has 1 aliphatic rings. The molecule has 0 aromatic rings. The van der Waals surface area contributed by atoms with Crippen molar-refractivity contribution in [3.05, 3.63) is 0 Å². The van der Waals surface area contributed by atoms with Gasteiger partial charge in [0, 0.05) is 11.8 Å². The van der Waals surface area contributed by atoms with Crippen molar-refractivity contribution in [2.24, 2.45) is 11.3 Å². The van der Waals surface area contributed by atoms with Crippen molar-refractivity contribution >= 4 is 5.78 Å². The SMILES string of the molecule is CCC(=O)C(C)(C)C1CCCNC1. The number of hydrogen-bond donors (Lipinski definition) is 1. The fourth-order valence-electron chi connectivity index (χ4n) is 2.15. The van der Waals surface area contributed by atoms with Gasteiger partial charge in [-0.25, -0.2) is 0 Å². The molecule has 0 saturated carbocycles. The normalized spacial score (nSPS) is 24.4. The number of hydrogen-bond acceptors (Lipinski definition) is 2. The summed E-state index contributed by atoms with van der Waals surface area (Å²) in [4.78, 5) is 11.7. The van der Waals surface area contributed by atoms with E-state index in [-0.39, 0.29) is 5.41 Å². The fourth-order valence-corrected chi connectivity index (χ4v) is 2.15. The Morgan fingerprint density at radius 2 is 2.23 bits per heavy atom. The third-order valence-corrected chi connectivity index (χ3v) is 3.36. The van der Waals surface area contributed by atoms with Crippen molar-refractivity contribution in [2.45, 2.75) is 40.0 Å². The van der Waals surface area contributed by atoms with Crippen LogP contribution in [-0.2, 0) is 4.79 Å². The van der Waals surface area contributed by atoms with Crippen LogP contribution in [0, 0.1) is 11.3 Å². The third kappa shape index (κ3) is 2.31. The van der Waals surface area contributed by atoms with Crippen LogP contribution >= 0.6 is 0 Å². The molecular weight excluding hydrogens is 162 g/mol. The molecule has 0 radical (unpaired) electrons. The van der Waals surface area contributed by atoms with Gasteiger partial charge in [0.1, 0.15) is 5.78 Å². The Morgan fingerprint density at radius 1 is 1.54 bits per heavy atom. The zero-order valence-electron chi connectivity index (χ0n) is 9.02. The number of piperidine rings is 1. The molecule has 76 valence electrons. The lowest BCUT2D eigenvalue weighted by Crippen LogP contribution is -2.42. The summed E-state index contributed by atoms with van der Waals surface area (Å²) in [7, 11) is 0. The Kier molecular flexibility index (Phi) is 3.48. The van der Waals surface area contributed by atoms with Gasteiger partial charge in [0.05, 0.1) is 0 Å². The minimum absolute atomic E-state index is 0.123. The van der Waals surface area contributed by atoms with Crippen molar-refractivity contribution in [2.75, 3.05) is 13.1 Å². The summed E-state index contributed by atoms with van der Waals surface area (Å²) in [6, 6.07) is 0. The molecule has 0 aromatic carbocycles. The van der Waals surface area contributed by atoms with Crippen LogP contribution in [0.3, 0.4) is 0 Å². The number of ketones is 1. The molecule has 0 amide bonds. The van der Waals surface area contributed by atoms with Gasteiger partial charge in [-0.3, -0.25) is 4.79 Å². The molecule has 1 saturated heterocycles. The van der Waals surface area contributed by atoms with Gasteiger partial charge in [-0.1, -0.05) is 20.8 Å². The van der Waals surface area contributed by atoms with E-state index in [2.05, 4.69) is 19.2 Å². The lowest BCUT2D eigenvalue weighted by atomic mass is 9.71. The van der Waals surface area contributed by atoms with E-state index in [1.165, 1.54) is 12.8 Å². The standard InChI is InChI=1S/C11H21NO/c1-4-10(13)11(2,3)9-6-5-7-12-8-9/h9,12H,4-8H2,1-3H3. The lowest BCUT2D eigenvalue weighted by molar-refractivity contribution is -0.129. The molecule has 2 heteroatoms. The predicted octanol–water partition coefficient (Wildman–Crippen LogP) is 1.99. The Morgan fingerprint density at radius 3 is 2.69 bits per heavy atom. The second kappa shape index (κ2) is 4.23. The van der Waals surface area contributed by atoms with Crippen LogP contribution in [0.25, 0.3) is 0 Å². The quantitative estimate of drug-likeness (QED) is 0.725. The number of rotatable bonds is 3. The topological polar surface area (TPSA) is 29.1 Å². The second-order valence-electron chi connectivity index (χ2n) is 4.54. The summed E-state index contributed by atoms with van der Waals surface area (Å²) in [6.45, 7) is 8.28. The Labute approximate surface area is 81.1 Å². The van der Waals surface area contributed by atoms with E-state index in [1.807, 2.05) is 6.92 Å². The lowest BCUT2D eigenvalue weighted by Gasteiger charge is -2.35. The fraction of sp³-hybridized carbons (Fsp3) is 0.909. The van der Waals surface area contributed by atoms with Crippen LogP contribution in [0.15, 0.2) is 0 Å². The number of carbonyl (C=O) groups excluding carboxylic acids is 1. The maximum Gasteiger partial charge on any atom is 0.138 e. The summed E-state index contributed by atoms with van der Waals surface area (Å²) >= 11 is 0.